The Kier molecular flexibility index (Phi) is 7.06. The lowest BCUT2D eigenvalue weighted by atomic mass is 10.1. The number of thiazole rings is 1. The molecule has 33 heavy (non-hydrogen) atoms. The van der Waals surface area contributed by atoms with Gasteiger partial charge in [-0.25, -0.2) is 14.2 Å². The molecule has 1 N–H and O–H groups in total. The summed E-state index contributed by atoms with van der Waals surface area (Å²) < 4.78 is 23.4. The Morgan fingerprint density at radius 3 is 2.24 bits per heavy atom. The Labute approximate surface area is 193 Å². The van der Waals surface area contributed by atoms with Gasteiger partial charge in [0, 0.05) is 10.9 Å². The Bertz CT molecular complexity index is 1230. The van der Waals surface area contributed by atoms with Crippen molar-refractivity contribution in [1.82, 2.24) is 4.98 Å². The Hall–Kier alpha value is -4.04. The number of anilines is 1. The minimum absolute atomic E-state index is 0.316. The SMILES string of the molecule is O=C(COC(=O)COc1ccc(-c2ccccc2)cc1)Nc1nc(-c2ccc(F)cc2)cs1. The van der Waals surface area contributed by atoms with Crippen molar-refractivity contribution in [2.45, 2.75) is 0 Å². The number of hydrogen-bond acceptors (Lipinski definition) is 6. The third-order valence-electron chi connectivity index (χ3n) is 4.57. The predicted molar refractivity (Wildman–Crippen MR) is 124 cm³/mol. The number of amides is 1. The number of benzene rings is 3. The third kappa shape index (κ3) is 6.24. The molecule has 8 heteroatoms. The normalized spacial score (nSPS) is 10.5. The van der Waals surface area contributed by atoms with Gasteiger partial charge in [0.2, 0.25) is 0 Å². The van der Waals surface area contributed by atoms with Gasteiger partial charge in [-0.1, -0.05) is 42.5 Å². The number of hydrogen-bond donors (Lipinski definition) is 1. The Morgan fingerprint density at radius 2 is 1.52 bits per heavy atom. The molecule has 1 aromatic heterocycles. The zero-order valence-electron chi connectivity index (χ0n) is 17.4. The summed E-state index contributed by atoms with van der Waals surface area (Å²) >= 11 is 1.22. The first-order valence-corrected chi connectivity index (χ1v) is 10.9. The summed E-state index contributed by atoms with van der Waals surface area (Å²) in [5.74, 6) is -0.997. The summed E-state index contributed by atoms with van der Waals surface area (Å²) in [7, 11) is 0. The lowest BCUT2D eigenvalue weighted by Crippen LogP contribution is -2.23. The average molecular weight is 463 g/mol. The van der Waals surface area contributed by atoms with E-state index >= 15 is 0 Å². The molecule has 1 heterocycles. The van der Waals surface area contributed by atoms with Crippen molar-refractivity contribution in [1.29, 1.82) is 0 Å². The molecule has 6 nitrogen and oxygen atoms in total. The Morgan fingerprint density at radius 1 is 0.848 bits per heavy atom. The summed E-state index contributed by atoms with van der Waals surface area (Å²) in [6.45, 7) is -0.773. The number of rotatable bonds is 8. The second-order valence-corrected chi connectivity index (χ2v) is 7.79. The van der Waals surface area contributed by atoms with Crippen molar-refractivity contribution >= 4 is 28.3 Å². The van der Waals surface area contributed by atoms with Crippen LogP contribution in [0.2, 0.25) is 0 Å². The molecule has 0 unspecified atom stereocenters. The van der Waals surface area contributed by atoms with E-state index in [1.54, 1.807) is 29.6 Å². The first kappa shape index (κ1) is 22.2. The van der Waals surface area contributed by atoms with Gasteiger partial charge >= 0.3 is 5.97 Å². The smallest absolute Gasteiger partial charge is 0.344 e. The van der Waals surface area contributed by atoms with Crippen LogP contribution in [0, 0.1) is 5.82 Å². The monoisotopic (exact) mass is 462 g/mol. The van der Waals surface area contributed by atoms with Gasteiger partial charge in [0.15, 0.2) is 18.3 Å². The molecule has 0 aliphatic rings. The van der Waals surface area contributed by atoms with Gasteiger partial charge in [-0.3, -0.25) is 10.1 Å². The van der Waals surface area contributed by atoms with Crippen LogP contribution in [0.25, 0.3) is 22.4 Å². The summed E-state index contributed by atoms with van der Waals surface area (Å²) in [6.07, 6.45) is 0. The maximum absolute atomic E-state index is 13.0. The van der Waals surface area contributed by atoms with Gasteiger partial charge in [0.1, 0.15) is 11.6 Å². The van der Waals surface area contributed by atoms with Crippen molar-refractivity contribution in [3.8, 4) is 28.1 Å². The van der Waals surface area contributed by atoms with Crippen LogP contribution in [0.1, 0.15) is 0 Å². The maximum Gasteiger partial charge on any atom is 0.344 e. The van der Waals surface area contributed by atoms with Crippen molar-refractivity contribution in [3.05, 3.63) is 90.1 Å². The maximum atomic E-state index is 13.0. The molecule has 0 aliphatic heterocycles. The van der Waals surface area contributed by atoms with Crippen LogP contribution < -0.4 is 10.1 Å². The fraction of sp³-hybridized carbons (Fsp3) is 0.0800. The topological polar surface area (TPSA) is 77.5 Å². The molecule has 0 saturated heterocycles. The molecule has 0 spiro atoms. The van der Waals surface area contributed by atoms with Crippen LogP contribution in [-0.2, 0) is 14.3 Å². The molecular formula is C25H19FN2O4S. The van der Waals surface area contributed by atoms with Crippen molar-refractivity contribution in [2.75, 3.05) is 18.5 Å². The minimum atomic E-state index is -0.663. The van der Waals surface area contributed by atoms with E-state index in [9.17, 15) is 14.0 Å². The molecule has 0 bridgehead atoms. The fourth-order valence-corrected chi connectivity index (χ4v) is 3.68. The lowest BCUT2D eigenvalue weighted by Gasteiger charge is -2.08. The van der Waals surface area contributed by atoms with E-state index in [-0.39, 0.29) is 12.4 Å². The van der Waals surface area contributed by atoms with Crippen LogP contribution in [-0.4, -0.2) is 30.1 Å². The summed E-state index contributed by atoms with van der Waals surface area (Å²) in [6, 6.07) is 23.1. The first-order chi connectivity index (χ1) is 16.1. The van der Waals surface area contributed by atoms with Crippen molar-refractivity contribution in [3.63, 3.8) is 0 Å². The van der Waals surface area contributed by atoms with Gasteiger partial charge in [-0.2, -0.15) is 0 Å². The molecule has 166 valence electrons. The number of halogens is 1. The zero-order valence-corrected chi connectivity index (χ0v) is 18.2. The number of nitrogens with zero attached hydrogens (tertiary/aromatic N) is 1. The fourth-order valence-electron chi connectivity index (χ4n) is 2.94. The van der Waals surface area contributed by atoms with E-state index in [0.717, 1.165) is 16.7 Å². The average Bonchev–Trinajstić information content (AvgIpc) is 3.31. The van der Waals surface area contributed by atoms with E-state index < -0.39 is 18.5 Å². The molecule has 3 aromatic carbocycles. The summed E-state index contributed by atoms with van der Waals surface area (Å²) in [5.41, 5.74) is 3.46. The van der Waals surface area contributed by atoms with Gasteiger partial charge in [0.05, 0.1) is 5.69 Å². The second kappa shape index (κ2) is 10.5. The molecular weight excluding hydrogens is 443 g/mol. The number of aromatic nitrogens is 1. The zero-order chi connectivity index (χ0) is 23.0. The minimum Gasteiger partial charge on any atom is -0.482 e. The molecule has 0 atom stereocenters. The summed E-state index contributed by atoms with van der Waals surface area (Å²) in [5, 5.41) is 4.66. The van der Waals surface area contributed by atoms with E-state index in [1.807, 2.05) is 42.5 Å². The van der Waals surface area contributed by atoms with Crippen LogP contribution in [0.15, 0.2) is 84.2 Å². The molecule has 0 radical (unpaired) electrons. The molecule has 0 saturated carbocycles. The highest BCUT2D eigenvalue weighted by Gasteiger charge is 2.12. The van der Waals surface area contributed by atoms with Gasteiger partial charge in [-0.15, -0.1) is 11.3 Å². The van der Waals surface area contributed by atoms with Crippen LogP contribution in [0.3, 0.4) is 0 Å². The lowest BCUT2D eigenvalue weighted by molar-refractivity contribution is -0.149. The number of esters is 1. The molecule has 1 amide bonds. The van der Waals surface area contributed by atoms with Gasteiger partial charge in [-0.05, 0) is 47.5 Å². The molecule has 4 aromatic rings. The number of carbonyl (C=O) groups excluding carboxylic acids is 2. The highest BCUT2D eigenvalue weighted by molar-refractivity contribution is 7.14. The third-order valence-corrected chi connectivity index (χ3v) is 5.33. The number of ether oxygens (including phenoxy) is 2. The van der Waals surface area contributed by atoms with Crippen molar-refractivity contribution in [2.24, 2.45) is 0 Å². The van der Waals surface area contributed by atoms with E-state index in [4.69, 9.17) is 9.47 Å². The molecule has 0 aliphatic carbocycles. The first-order valence-electron chi connectivity index (χ1n) is 10.0. The molecule has 0 fully saturated rings. The van der Waals surface area contributed by atoms with Crippen LogP contribution in [0.5, 0.6) is 5.75 Å². The predicted octanol–water partition coefficient (Wildman–Crippen LogP) is 5.18. The highest BCUT2D eigenvalue weighted by Crippen LogP contribution is 2.25. The second-order valence-electron chi connectivity index (χ2n) is 6.93. The van der Waals surface area contributed by atoms with Crippen molar-refractivity contribution < 1.29 is 23.5 Å². The van der Waals surface area contributed by atoms with Crippen LogP contribution in [0.4, 0.5) is 9.52 Å². The largest absolute Gasteiger partial charge is 0.482 e. The quantitative estimate of drug-likeness (QED) is 0.365. The van der Waals surface area contributed by atoms with Gasteiger partial charge in [0.25, 0.3) is 5.91 Å². The van der Waals surface area contributed by atoms with Gasteiger partial charge < -0.3 is 9.47 Å². The van der Waals surface area contributed by atoms with E-state index in [0.29, 0.717) is 16.6 Å². The van der Waals surface area contributed by atoms with Crippen LogP contribution >= 0.6 is 11.3 Å². The standard InChI is InChI=1S/C25H19FN2O4S/c26-20-10-6-19(7-11-20)22-16-33-25(27-22)28-23(29)14-32-24(30)15-31-21-12-8-18(9-13-21)17-4-2-1-3-5-17/h1-13,16H,14-15H2,(H,27,28,29). The number of carbonyl (C=O) groups is 2. The summed E-state index contributed by atoms with van der Waals surface area (Å²) in [4.78, 5) is 28.2. The molecule has 4 rings (SSSR count). The van der Waals surface area contributed by atoms with E-state index in [1.165, 1.54) is 23.5 Å². The van der Waals surface area contributed by atoms with E-state index in [2.05, 4.69) is 10.3 Å². The Balaban J connectivity index is 1.21. The highest BCUT2D eigenvalue weighted by atomic mass is 32.1. The number of nitrogens with one attached hydrogen (secondary N) is 1.